The van der Waals surface area contributed by atoms with Gasteiger partial charge in [0.2, 0.25) is 0 Å². The fraction of sp³-hybridized carbons (Fsp3) is 0. The molecule has 0 aliphatic rings. The Balaban J connectivity index is 0. The van der Waals surface area contributed by atoms with Gasteiger partial charge in [0.25, 0.3) is 0 Å². The standard InChI is InChI=1S/CO2.N/c2-1-3;. The number of carbonyl (C=O) groups excluding carboxylic acids is 2. The van der Waals surface area contributed by atoms with Crippen molar-refractivity contribution in [3.8, 4) is 0 Å². The average molecular weight is 58.0 g/mol. The van der Waals surface area contributed by atoms with Crippen LogP contribution in [0.1, 0.15) is 0 Å². The summed E-state index contributed by atoms with van der Waals surface area (Å²) in [7, 11) is 0. The maximum absolute atomic E-state index is 8.12. The molecule has 4 heavy (non-hydrogen) atoms. The van der Waals surface area contributed by atoms with E-state index in [1.165, 1.54) is 0 Å². The first-order valence-corrected chi connectivity index (χ1v) is 0.408. The van der Waals surface area contributed by atoms with Crippen molar-refractivity contribution in [2.45, 2.75) is 0 Å². The molecule has 0 bridgehead atoms. The molecular formula is CNO2. The molecule has 0 N–H and O–H groups in total. The molecule has 0 rings (SSSR count). The van der Waals surface area contributed by atoms with Crippen LogP contribution in [0.3, 0.4) is 0 Å². The summed E-state index contributed by atoms with van der Waals surface area (Å²) >= 11 is 0. The highest BCUT2D eigenvalue weighted by molar-refractivity contribution is 5.20. The fourth-order valence-electron chi connectivity index (χ4n) is 0. The minimum atomic E-state index is 0. The molecule has 3 nitrogen and oxygen atoms in total. The molecule has 0 aromatic rings. The highest BCUT2D eigenvalue weighted by Gasteiger charge is 1.13. The molecular weight excluding hydrogens is 58.0 g/mol. The van der Waals surface area contributed by atoms with Crippen molar-refractivity contribution in [1.82, 2.24) is 6.15 Å². The van der Waals surface area contributed by atoms with Crippen molar-refractivity contribution in [2.75, 3.05) is 0 Å². The van der Waals surface area contributed by atoms with Crippen LogP contribution in [0.5, 0.6) is 0 Å². The second-order valence-corrected chi connectivity index (χ2v) is 0.0833. The van der Waals surface area contributed by atoms with Gasteiger partial charge in [0.15, 0.2) is 0 Å². The van der Waals surface area contributed by atoms with Gasteiger partial charge < -0.3 is 0 Å². The van der Waals surface area contributed by atoms with E-state index in [2.05, 4.69) is 0 Å². The molecule has 0 saturated heterocycles. The third-order valence-electron chi connectivity index (χ3n) is 0. The van der Waals surface area contributed by atoms with E-state index in [-0.39, 0.29) is 12.3 Å². The van der Waals surface area contributed by atoms with Gasteiger partial charge in [-0.05, 0) is 0 Å². The van der Waals surface area contributed by atoms with Gasteiger partial charge in [0, 0.05) is 6.15 Å². The summed E-state index contributed by atoms with van der Waals surface area (Å²) in [5.74, 6) is 0. The van der Waals surface area contributed by atoms with E-state index in [4.69, 9.17) is 9.59 Å². The average Bonchev–Trinajstić information content (AvgIpc) is 0.918. The molecule has 3 heteroatoms. The lowest BCUT2D eigenvalue weighted by molar-refractivity contribution is -0.191. The maximum atomic E-state index is 8.12. The third kappa shape index (κ3) is 0.356. The van der Waals surface area contributed by atoms with E-state index in [0.717, 1.165) is 0 Å². The quantitative estimate of drug-likeness (QED) is 0.356. The Morgan fingerprint density at radius 2 is 1.25 bits per heavy atom. The smallest absolute Gasteiger partial charge is 0.186 e. The van der Waals surface area contributed by atoms with Crippen LogP contribution < -0.4 is 6.15 Å². The van der Waals surface area contributed by atoms with E-state index in [1.54, 1.807) is 0 Å². The normalized spacial score (nSPS) is 2.00. The highest BCUT2D eigenvalue weighted by atomic mass is 16.2. The van der Waals surface area contributed by atoms with Crippen LogP contribution in [-0.4, -0.2) is 6.15 Å². The van der Waals surface area contributed by atoms with Crippen molar-refractivity contribution >= 4 is 6.15 Å². The molecule has 0 spiro atoms. The summed E-state index contributed by atoms with van der Waals surface area (Å²) in [6.45, 7) is 0. The zero-order valence-electron chi connectivity index (χ0n) is 1.76. The third-order valence-corrected chi connectivity index (χ3v) is 0. The van der Waals surface area contributed by atoms with Crippen LogP contribution in [0.4, 0.5) is 0 Å². The largest absolute Gasteiger partial charge is 0.373 e. The molecule has 0 fully saturated rings. The van der Waals surface area contributed by atoms with Crippen molar-refractivity contribution < 1.29 is 9.59 Å². The van der Waals surface area contributed by atoms with E-state index < -0.39 is 0 Å². The van der Waals surface area contributed by atoms with Crippen LogP contribution in [0.15, 0.2) is 0 Å². The van der Waals surface area contributed by atoms with E-state index in [1.807, 2.05) is 0 Å². The van der Waals surface area contributed by atoms with Crippen molar-refractivity contribution in [3.05, 3.63) is 0 Å². The maximum Gasteiger partial charge on any atom is 0.373 e. The lowest BCUT2D eigenvalue weighted by Crippen LogP contribution is -1.22. The Kier molecular flexibility index (Phi) is 92.5. The predicted octanol–water partition coefficient (Wildman–Crippen LogP) is -1.06. The lowest BCUT2D eigenvalue weighted by Gasteiger charge is -0.945. The summed E-state index contributed by atoms with van der Waals surface area (Å²) in [6.07, 6.45) is 0.250. The van der Waals surface area contributed by atoms with E-state index >= 15 is 0 Å². The number of hydrogen-bond acceptors (Lipinski definition) is 2. The van der Waals surface area contributed by atoms with Crippen LogP contribution in [0.2, 0.25) is 0 Å². The van der Waals surface area contributed by atoms with Gasteiger partial charge >= 0.3 is 6.15 Å². The molecule has 3 radical (unpaired) electrons. The number of hydrogen-bond donors (Lipinski definition) is 0. The number of nitrogens with zero attached hydrogens (tertiary/aromatic N) is 1. The molecule has 0 atom stereocenters. The summed E-state index contributed by atoms with van der Waals surface area (Å²) in [4.78, 5) is 16.2. The molecule has 0 aromatic heterocycles. The number of rotatable bonds is 0. The summed E-state index contributed by atoms with van der Waals surface area (Å²) in [5.41, 5.74) is 0. The molecule has 0 aliphatic carbocycles. The lowest BCUT2D eigenvalue weighted by atomic mass is 11.8. The Morgan fingerprint density at radius 1 is 1.25 bits per heavy atom. The monoisotopic (exact) mass is 58.0 g/mol. The molecule has 21 valence electrons. The predicted molar refractivity (Wildman–Crippen MR) is 7.14 cm³/mol. The molecule has 0 heterocycles. The molecule has 0 aliphatic heterocycles. The topological polar surface area (TPSA) is 64.6 Å². The van der Waals surface area contributed by atoms with Gasteiger partial charge in [-0.2, -0.15) is 9.59 Å². The van der Waals surface area contributed by atoms with E-state index in [0.29, 0.717) is 0 Å². The van der Waals surface area contributed by atoms with Gasteiger partial charge in [-0.25, -0.2) is 0 Å². The second-order valence-electron chi connectivity index (χ2n) is 0.0833. The minimum Gasteiger partial charge on any atom is -0.186 e. The van der Waals surface area contributed by atoms with Gasteiger partial charge in [-0.15, -0.1) is 0 Å². The molecule has 0 amide bonds. The zero-order valence-corrected chi connectivity index (χ0v) is 1.76. The van der Waals surface area contributed by atoms with Gasteiger partial charge in [0.05, 0.1) is 0 Å². The van der Waals surface area contributed by atoms with Crippen molar-refractivity contribution in [3.63, 3.8) is 0 Å². The highest BCUT2D eigenvalue weighted by Crippen LogP contribution is 0.787. The van der Waals surface area contributed by atoms with Gasteiger partial charge in [-0.1, -0.05) is 0 Å². The van der Waals surface area contributed by atoms with Crippen LogP contribution in [0.25, 0.3) is 0 Å². The van der Waals surface area contributed by atoms with Crippen LogP contribution in [-0.2, 0) is 9.59 Å². The Morgan fingerprint density at radius 3 is 1.25 bits per heavy atom. The second kappa shape index (κ2) is 36.3. The Hall–Kier alpha value is -0.660. The summed E-state index contributed by atoms with van der Waals surface area (Å²) in [6, 6.07) is 0. The zero-order chi connectivity index (χ0) is 2.71. The molecule has 0 aromatic carbocycles. The first kappa shape index (κ1) is 10.2. The summed E-state index contributed by atoms with van der Waals surface area (Å²) < 4.78 is 0. The molecule has 0 unspecified atom stereocenters. The van der Waals surface area contributed by atoms with Crippen molar-refractivity contribution in [1.29, 1.82) is 0 Å². The first-order chi connectivity index (χ1) is 1.41. The minimum absolute atomic E-state index is 0. The van der Waals surface area contributed by atoms with Gasteiger partial charge in [0.1, 0.15) is 0 Å². The first-order valence-electron chi connectivity index (χ1n) is 0.408. The van der Waals surface area contributed by atoms with E-state index in [9.17, 15) is 0 Å². The van der Waals surface area contributed by atoms with Gasteiger partial charge in [-0.3, -0.25) is 0 Å². The Bertz CT molecular complexity index is 27.0. The van der Waals surface area contributed by atoms with Crippen molar-refractivity contribution in [2.24, 2.45) is 0 Å². The summed E-state index contributed by atoms with van der Waals surface area (Å²) in [5, 5.41) is 0. The van der Waals surface area contributed by atoms with Crippen LogP contribution >= 0.6 is 0 Å². The van der Waals surface area contributed by atoms with Crippen LogP contribution in [0, 0.1) is 0 Å². The Labute approximate surface area is 23.2 Å². The fourth-order valence-corrected chi connectivity index (χ4v) is 0. The SMILES string of the molecule is O=C=O.[N]. The molecule has 0 saturated carbocycles.